The average molecular weight is 573 g/mol. The molecule has 218 valence electrons. The Morgan fingerprint density at radius 3 is 2.58 bits per heavy atom. The number of nitrogens with one attached hydrogen (secondary N) is 3. The van der Waals surface area contributed by atoms with Crippen molar-refractivity contribution in [3.8, 4) is 0 Å². The molecule has 0 radical (unpaired) electrons. The quantitative estimate of drug-likeness (QED) is 0.467. The summed E-state index contributed by atoms with van der Waals surface area (Å²) in [6, 6.07) is 5.76. The Balaban J connectivity index is 1.50. The summed E-state index contributed by atoms with van der Waals surface area (Å²) in [5, 5.41) is 9.38. The number of fused-ring (bicyclic) bond motifs is 2. The van der Waals surface area contributed by atoms with Gasteiger partial charge in [0.2, 0.25) is 17.7 Å². The molecule has 1 aromatic carbocycles. The van der Waals surface area contributed by atoms with E-state index in [0.717, 1.165) is 31.2 Å². The summed E-state index contributed by atoms with van der Waals surface area (Å²) in [5.41, 5.74) is -0.842. The van der Waals surface area contributed by atoms with E-state index in [-0.39, 0.29) is 23.6 Å². The molecule has 3 aliphatic rings. The van der Waals surface area contributed by atoms with Crippen molar-refractivity contribution < 1.29 is 23.9 Å². The number of nitrogens with zero attached hydrogens (tertiary/aromatic N) is 1. The number of amides is 4. The second-order valence-electron chi connectivity index (χ2n) is 12.0. The summed E-state index contributed by atoms with van der Waals surface area (Å²) in [5.74, 6) is -0.978. The number of benzene rings is 1. The fourth-order valence-electron chi connectivity index (χ4n) is 5.49. The molecule has 0 spiro atoms. The van der Waals surface area contributed by atoms with E-state index in [9.17, 15) is 19.2 Å². The molecule has 9 nitrogen and oxygen atoms in total. The van der Waals surface area contributed by atoms with Crippen LogP contribution in [0.2, 0.25) is 5.02 Å². The van der Waals surface area contributed by atoms with Gasteiger partial charge in [0, 0.05) is 24.0 Å². The lowest BCUT2D eigenvalue weighted by Gasteiger charge is -2.30. The van der Waals surface area contributed by atoms with Crippen LogP contribution >= 0.6 is 11.6 Å². The van der Waals surface area contributed by atoms with Gasteiger partial charge in [-0.3, -0.25) is 14.4 Å². The molecule has 1 aromatic rings. The molecular formula is C30H41ClN4O5. The van der Waals surface area contributed by atoms with E-state index in [1.807, 2.05) is 18.2 Å². The molecule has 4 atom stereocenters. The molecule has 0 bridgehead atoms. The van der Waals surface area contributed by atoms with Crippen LogP contribution in [0.5, 0.6) is 0 Å². The fraction of sp³-hybridized carbons (Fsp3) is 0.600. The molecule has 4 amide bonds. The first kappa shape index (κ1) is 29.9. The highest BCUT2D eigenvalue weighted by molar-refractivity contribution is 6.30. The minimum absolute atomic E-state index is 0.112. The van der Waals surface area contributed by atoms with Crippen LogP contribution in [0.15, 0.2) is 36.4 Å². The third-order valence-corrected chi connectivity index (χ3v) is 7.94. The highest BCUT2D eigenvalue weighted by atomic mass is 35.5. The minimum Gasteiger partial charge on any atom is -0.444 e. The lowest BCUT2D eigenvalue weighted by molar-refractivity contribution is -0.141. The van der Waals surface area contributed by atoms with E-state index in [1.165, 1.54) is 0 Å². The van der Waals surface area contributed by atoms with E-state index in [0.29, 0.717) is 43.8 Å². The number of allylic oxidation sites excluding steroid dienone is 1. The lowest BCUT2D eigenvalue weighted by Crippen LogP contribution is -2.57. The molecule has 2 aliphatic heterocycles. The van der Waals surface area contributed by atoms with Crippen molar-refractivity contribution in [2.45, 2.75) is 102 Å². The Morgan fingerprint density at radius 1 is 1.10 bits per heavy atom. The van der Waals surface area contributed by atoms with Gasteiger partial charge >= 0.3 is 6.09 Å². The van der Waals surface area contributed by atoms with Gasteiger partial charge in [-0.15, -0.1) is 0 Å². The van der Waals surface area contributed by atoms with E-state index in [1.54, 1.807) is 37.8 Å². The van der Waals surface area contributed by atoms with Crippen LogP contribution in [0, 0.1) is 5.92 Å². The summed E-state index contributed by atoms with van der Waals surface area (Å²) >= 11 is 5.98. The van der Waals surface area contributed by atoms with Crippen molar-refractivity contribution in [1.29, 1.82) is 0 Å². The number of halogens is 1. The number of carbonyl (C=O) groups is 4. The van der Waals surface area contributed by atoms with Crippen molar-refractivity contribution in [3.05, 3.63) is 47.0 Å². The maximum Gasteiger partial charge on any atom is 0.408 e. The Kier molecular flexibility index (Phi) is 9.44. The number of alkyl carbamates (subject to hydrolysis) is 1. The average Bonchev–Trinajstić information content (AvgIpc) is 3.35. The Labute approximate surface area is 241 Å². The summed E-state index contributed by atoms with van der Waals surface area (Å²) < 4.78 is 5.41. The second-order valence-corrected chi connectivity index (χ2v) is 12.5. The predicted octanol–water partition coefficient (Wildman–Crippen LogP) is 4.24. The van der Waals surface area contributed by atoms with Gasteiger partial charge in [-0.2, -0.15) is 0 Å². The molecule has 1 saturated carbocycles. The van der Waals surface area contributed by atoms with Crippen LogP contribution in [0.4, 0.5) is 4.79 Å². The van der Waals surface area contributed by atoms with Crippen LogP contribution in [0.3, 0.4) is 0 Å². The normalized spacial score (nSPS) is 28.2. The highest BCUT2D eigenvalue weighted by Crippen LogP contribution is 2.45. The largest absolute Gasteiger partial charge is 0.444 e. The summed E-state index contributed by atoms with van der Waals surface area (Å²) in [6.07, 6.45) is 9.00. The van der Waals surface area contributed by atoms with E-state index in [2.05, 4.69) is 22.0 Å². The summed E-state index contributed by atoms with van der Waals surface area (Å²) in [4.78, 5) is 54.9. The number of rotatable bonds is 4. The Morgan fingerprint density at radius 2 is 1.85 bits per heavy atom. The van der Waals surface area contributed by atoms with Crippen LogP contribution < -0.4 is 16.0 Å². The first-order valence-electron chi connectivity index (χ1n) is 14.3. The van der Waals surface area contributed by atoms with Crippen LogP contribution in [0.25, 0.3) is 0 Å². The molecule has 1 saturated heterocycles. The molecule has 10 heteroatoms. The van der Waals surface area contributed by atoms with Gasteiger partial charge < -0.3 is 25.6 Å². The maximum atomic E-state index is 13.7. The van der Waals surface area contributed by atoms with Gasteiger partial charge in [0.1, 0.15) is 23.2 Å². The van der Waals surface area contributed by atoms with Crippen molar-refractivity contribution in [2.75, 3.05) is 6.54 Å². The number of hydrogen-bond donors (Lipinski definition) is 3. The molecule has 2 fully saturated rings. The van der Waals surface area contributed by atoms with Crippen LogP contribution in [-0.2, 0) is 25.7 Å². The molecule has 2 heterocycles. The smallest absolute Gasteiger partial charge is 0.408 e. The van der Waals surface area contributed by atoms with Gasteiger partial charge in [-0.05, 0) is 77.0 Å². The molecule has 0 aromatic heterocycles. The Hall–Kier alpha value is -3.07. The van der Waals surface area contributed by atoms with Crippen LogP contribution in [0.1, 0.15) is 77.7 Å². The molecule has 1 unspecified atom stereocenters. The highest BCUT2D eigenvalue weighted by Gasteiger charge is 2.60. The van der Waals surface area contributed by atoms with Crippen molar-refractivity contribution >= 4 is 35.4 Å². The molecule has 1 aliphatic carbocycles. The SMILES string of the molecule is CC(C)(C)OC(=O)N[C@H]1CCCCC/C=C\[C@@H]2C[C@@]2(C(=O)NCc2ccc(Cl)cc2)NC(=O)C2CCCN2C1=O. The second kappa shape index (κ2) is 12.6. The maximum absolute atomic E-state index is 13.7. The number of carbonyl (C=O) groups excluding carboxylic acids is 4. The van der Waals surface area contributed by atoms with Gasteiger partial charge in [-0.25, -0.2) is 4.79 Å². The summed E-state index contributed by atoms with van der Waals surface area (Å²) in [7, 11) is 0. The molecule has 3 N–H and O–H groups in total. The minimum atomic E-state index is -1.05. The van der Waals surface area contributed by atoms with Crippen LogP contribution in [-0.4, -0.2) is 58.5 Å². The van der Waals surface area contributed by atoms with E-state index in [4.69, 9.17) is 16.3 Å². The van der Waals surface area contributed by atoms with E-state index < -0.39 is 29.3 Å². The zero-order valence-electron chi connectivity index (χ0n) is 23.6. The van der Waals surface area contributed by atoms with E-state index >= 15 is 0 Å². The Bertz CT molecular complexity index is 1130. The first-order chi connectivity index (χ1) is 19.0. The van der Waals surface area contributed by atoms with Crippen molar-refractivity contribution in [3.63, 3.8) is 0 Å². The lowest BCUT2D eigenvalue weighted by atomic mass is 10.0. The standard InChI is InChI=1S/C30H41ClN4O5/c1-29(2,3)40-28(39)33-23-11-8-6-4-5-7-10-21-18-30(21,27(38)32-19-20-13-15-22(31)16-14-20)34-25(36)24-12-9-17-35(24)26(23)37/h7,10,13-16,21,23-24H,4-6,8-9,11-12,17-19H2,1-3H3,(H,32,38)(H,33,39)(H,34,36)/b10-7-/t21-,23+,24?,30-/m1/s1. The van der Waals surface area contributed by atoms with Gasteiger partial charge in [0.15, 0.2) is 0 Å². The molecule has 40 heavy (non-hydrogen) atoms. The first-order valence-corrected chi connectivity index (χ1v) is 14.7. The zero-order chi connectivity index (χ0) is 28.9. The number of ether oxygens (including phenoxy) is 1. The van der Waals surface area contributed by atoms with Gasteiger partial charge in [-0.1, -0.05) is 48.7 Å². The zero-order valence-corrected chi connectivity index (χ0v) is 24.4. The van der Waals surface area contributed by atoms with Gasteiger partial charge in [0.25, 0.3) is 0 Å². The third kappa shape index (κ3) is 7.56. The van der Waals surface area contributed by atoms with Crippen molar-refractivity contribution in [1.82, 2.24) is 20.9 Å². The van der Waals surface area contributed by atoms with Crippen molar-refractivity contribution in [2.24, 2.45) is 5.92 Å². The molecule has 4 rings (SSSR count). The monoisotopic (exact) mass is 572 g/mol. The van der Waals surface area contributed by atoms with Gasteiger partial charge in [0.05, 0.1) is 0 Å². The molecular weight excluding hydrogens is 532 g/mol. The number of hydrogen-bond acceptors (Lipinski definition) is 5. The fourth-order valence-corrected chi connectivity index (χ4v) is 5.61. The third-order valence-electron chi connectivity index (χ3n) is 7.69. The predicted molar refractivity (Wildman–Crippen MR) is 152 cm³/mol. The summed E-state index contributed by atoms with van der Waals surface area (Å²) in [6.45, 7) is 6.04. The topological polar surface area (TPSA) is 117 Å².